The Hall–Kier alpha value is -2.86. The summed E-state index contributed by atoms with van der Waals surface area (Å²) in [6.07, 6.45) is 3.52. The average molecular weight is 413 g/mol. The number of carbonyl (C=O) groups is 3. The number of fused-ring (bicyclic) bond motifs is 1. The number of methoxy groups -OCH3 is 1. The predicted octanol–water partition coefficient (Wildman–Crippen LogP) is 4.28. The van der Waals surface area contributed by atoms with E-state index in [1.807, 2.05) is 0 Å². The van der Waals surface area contributed by atoms with Crippen molar-refractivity contribution in [1.82, 2.24) is 0 Å². The molecule has 3 amide bonds. The van der Waals surface area contributed by atoms with Crippen LogP contribution in [-0.4, -0.2) is 24.8 Å². The molecule has 7 heteroatoms. The molecule has 1 N–H and O–H groups in total. The number of carbonyl (C=O) groups excluding carboxylic acids is 3. The van der Waals surface area contributed by atoms with Gasteiger partial charge >= 0.3 is 0 Å². The molecule has 4 rings (SSSR count). The van der Waals surface area contributed by atoms with E-state index in [1.165, 1.54) is 12.0 Å². The lowest BCUT2D eigenvalue weighted by atomic mass is 9.81. The number of rotatable bonds is 4. The van der Waals surface area contributed by atoms with Crippen molar-refractivity contribution in [3.05, 3.63) is 53.1 Å². The largest absolute Gasteiger partial charge is 0.495 e. The number of nitrogens with zero attached hydrogens (tertiary/aromatic N) is 1. The number of ether oxygens (including phenoxy) is 1. The minimum absolute atomic E-state index is 0.124. The SMILES string of the molecule is COc1ccc(Cl)cc1NC(=O)c1ccc(N2C(=O)C3CCCCC3C2=O)cc1. The lowest BCUT2D eigenvalue weighted by molar-refractivity contribution is -0.122. The molecule has 29 heavy (non-hydrogen) atoms. The topological polar surface area (TPSA) is 75.7 Å². The molecule has 0 bridgehead atoms. The van der Waals surface area contributed by atoms with E-state index in [0.717, 1.165) is 25.7 Å². The summed E-state index contributed by atoms with van der Waals surface area (Å²) in [5.74, 6) is -0.495. The number of hydrogen-bond donors (Lipinski definition) is 1. The average Bonchev–Trinajstić information content (AvgIpc) is 2.99. The van der Waals surface area contributed by atoms with Crippen molar-refractivity contribution < 1.29 is 19.1 Å². The number of anilines is 2. The van der Waals surface area contributed by atoms with Crippen molar-refractivity contribution >= 4 is 40.7 Å². The van der Waals surface area contributed by atoms with Crippen LogP contribution >= 0.6 is 11.6 Å². The van der Waals surface area contributed by atoms with E-state index in [9.17, 15) is 14.4 Å². The van der Waals surface area contributed by atoms with Crippen molar-refractivity contribution in [2.75, 3.05) is 17.3 Å². The Balaban J connectivity index is 1.52. The van der Waals surface area contributed by atoms with Crippen LogP contribution in [0, 0.1) is 11.8 Å². The van der Waals surface area contributed by atoms with Crippen molar-refractivity contribution in [3.8, 4) is 5.75 Å². The summed E-state index contributed by atoms with van der Waals surface area (Å²) in [4.78, 5) is 39.3. The third kappa shape index (κ3) is 3.60. The van der Waals surface area contributed by atoms with Gasteiger partial charge in [0.05, 0.1) is 30.3 Å². The predicted molar refractivity (Wildman–Crippen MR) is 110 cm³/mol. The monoisotopic (exact) mass is 412 g/mol. The van der Waals surface area contributed by atoms with Crippen molar-refractivity contribution in [2.45, 2.75) is 25.7 Å². The van der Waals surface area contributed by atoms with E-state index in [2.05, 4.69) is 5.32 Å². The van der Waals surface area contributed by atoms with Crippen LogP contribution < -0.4 is 15.0 Å². The molecule has 2 aliphatic rings. The molecule has 1 aliphatic carbocycles. The van der Waals surface area contributed by atoms with E-state index in [1.54, 1.807) is 42.5 Å². The van der Waals surface area contributed by atoms with E-state index in [-0.39, 0.29) is 29.6 Å². The maximum atomic E-state index is 12.7. The van der Waals surface area contributed by atoms with Gasteiger partial charge in [-0.05, 0) is 55.3 Å². The highest BCUT2D eigenvalue weighted by molar-refractivity contribution is 6.31. The van der Waals surface area contributed by atoms with Gasteiger partial charge < -0.3 is 10.1 Å². The number of nitrogens with one attached hydrogen (secondary N) is 1. The second-order valence-electron chi connectivity index (χ2n) is 7.35. The van der Waals surface area contributed by atoms with Crippen LogP contribution in [0.5, 0.6) is 5.75 Å². The van der Waals surface area contributed by atoms with Gasteiger partial charge in [-0.25, -0.2) is 0 Å². The third-order valence-electron chi connectivity index (χ3n) is 5.64. The first-order valence-electron chi connectivity index (χ1n) is 9.62. The highest BCUT2D eigenvalue weighted by Crippen LogP contribution is 2.40. The maximum absolute atomic E-state index is 12.7. The van der Waals surface area contributed by atoms with E-state index < -0.39 is 0 Å². The standard InChI is InChI=1S/C22H21ClN2O4/c1-29-19-11-8-14(23)12-18(19)24-20(26)13-6-9-15(10-7-13)25-21(27)16-4-2-3-5-17(16)22(25)28/h6-12,16-17H,2-5H2,1H3,(H,24,26). The number of imide groups is 1. The number of hydrogen-bond acceptors (Lipinski definition) is 4. The van der Waals surface area contributed by atoms with Crippen LogP contribution in [-0.2, 0) is 9.59 Å². The zero-order chi connectivity index (χ0) is 20.5. The molecule has 2 fully saturated rings. The Kier molecular flexibility index (Phi) is 5.28. The second kappa shape index (κ2) is 7.87. The molecule has 0 radical (unpaired) electrons. The third-order valence-corrected chi connectivity index (χ3v) is 5.87. The van der Waals surface area contributed by atoms with Gasteiger partial charge in [0.2, 0.25) is 11.8 Å². The molecule has 2 aromatic carbocycles. The number of benzene rings is 2. The first kappa shape index (κ1) is 19.5. The van der Waals surface area contributed by atoms with Gasteiger partial charge in [0.1, 0.15) is 5.75 Å². The Morgan fingerprint density at radius 3 is 2.24 bits per heavy atom. The van der Waals surface area contributed by atoms with Gasteiger partial charge in [-0.3, -0.25) is 19.3 Å². The zero-order valence-corrected chi connectivity index (χ0v) is 16.7. The molecule has 1 saturated carbocycles. The fourth-order valence-corrected chi connectivity index (χ4v) is 4.32. The van der Waals surface area contributed by atoms with Crippen LogP contribution in [0.4, 0.5) is 11.4 Å². The van der Waals surface area contributed by atoms with Gasteiger partial charge in [-0.1, -0.05) is 24.4 Å². The van der Waals surface area contributed by atoms with Crippen LogP contribution in [0.2, 0.25) is 5.02 Å². The fraction of sp³-hybridized carbons (Fsp3) is 0.318. The van der Waals surface area contributed by atoms with Gasteiger partial charge in [-0.2, -0.15) is 0 Å². The lowest BCUT2D eigenvalue weighted by Gasteiger charge is -2.19. The highest BCUT2D eigenvalue weighted by Gasteiger charge is 2.48. The molecule has 0 aromatic heterocycles. The minimum Gasteiger partial charge on any atom is -0.495 e. The Labute approximate surface area is 173 Å². The summed E-state index contributed by atoms with van der Waals surface area (Å²) in [5, 5.41) is 3.25. The Bertz CT molecular complexity index is 949. The smallest absolute Gasteiger partial charge is 0.255 e. The minimum atomic E-state index is -0.343. The summed E-state index contributed by atoms with van der Waals surface area (Å²) >= 11 is 6.00. The zero-order valence-electron chi connectivity index (χ0n) is 16.0. The number of amides is 3. The van der Waals surface area contributed by atoms with Crippen LogP contribution in [0.15, 0.2) is 42.5 Å². The quantitative estimate of drug-likeness (QED) is 0.760. The summed E-state index contributed by atoms with van der Waals surface area (Å²) < 4.78 is 5.24. The van der Waals surface area contributed by atoms with Gasteiger partial charge in [-0.15, -0.1) is 0 Å². The van der Waals surface area contributed by atoms with Gasteiger partial charge in [0, 0.05) is 10.6 Å². The van der Waals surface area contributed by atoms with Gasteiger partial charge in [0.25, 0.3) is 5.91 Å². The molecule has 150 valence electrons. The Morgan fingerprint density at radius 2 is 1.66 bits per heavy atom. The first-order valence-corrected chi connectivity index (χ1v) is 10.00. The fourth-order valence-electron chi connectivity index (χ4n) is 4.15. The van der Waals surface area contributed by atoms with Gasteiger partial charge in [0.15, 0.2) is 0 Å². The molecular weight excluding hydrogens is 392 g/mol. The van der Waals surface area contributed by atoms with Crippen LogP contribution in [0.3, 0.4) is 0 Å². The van der Waals surface area contributed by atoms with E-state index >= 15 is 0 Å². The molecular formula is C22H21ClN2O4. The molecule has 2 unspecified atom stereocenters. The van der Waals surface area contributed by atoms with Crippen molar-refractivity contribution in [1.29, 1.82) is 0 Å². The van der Waals surface area contributed by atoms with E-state index in [4.69, 9.17) is 16.3 Å². The molecule has 1 heterocycles. The van der Waals surface area contributed by atoms with Crippen molar-refractivity contribution in [2.24, 2.45) is 11.8 Å². The molecule has 1 saturated heterocycles. The normalized spacial score (nSPS) is 21.1. The summed E-state index contributed by atoms with van der Waals surface area (Å²) in [6.45, 7) is 0. The first-order chi connectivity index (χ1) is 14.0. The molecule has 0 spiro atoms. The summed E-state index contributed by atoms with van der Waals surface area (Å²) in [5.41, 5.74) is 1.36. The maximum Gasteiger partial charge on any atom is 0.255 e. The van der Waals surface area contributed by atoms with E-state index in [0.29, 0.717) is 27.7 Å². The van der Waals surface area contributed by atoms with Crippen LogP contribution in [0.1, 0.15) is 36.0 Å². The lowest BCUT2D eigenvalue weighted by Crippen LogP contribution is -2.30. The van der Waals surface area contributed by atoms with Crippen LogP contribution in [0.25, 0.3) is 0 Å². The second-order valence-corrected chi connectivity index (χ2v) is 7.79. The summed E-state index contributed by atoms with van der Waals surface area (Å²) in [7, 11) is 1.51. The Morgan fingerprint density at radius 1 is 1.03 bits per heavy atom. The summed E-state index contributed by atoms with van der Waals surface area (Å²) in [6, 6.07) is 11.4. The molecule has 6 nitrogen and oxygen atoms in total. The highest BCUT2D eigenvalue weighted by atomic mass is 35.5. The van der Waals surface area contributed by atoms with Crippen molar-refractivity contribution in [3.63, 3.8) is 0 Å². The molecule has 2 atom stereocenters. The molecule has 1 aliphatic heterocycles. The number of halogens is 1. The molecule has 2 aromatic rings.